The van der Waals surface area contributed by atoms with Gasteiger partial charge in [-0.2, -0.15) is 0 Å². The summed E-state index contributed by atoms with van der Waals surface area (Å²) in [4.78, 5) is 13.7. The average molecular weight is 264 g/mol. The summed E-state index contributed by atoms with van der Waals surface area (Å²) in [6.45, 7) is 2.64. The summed E-state index contributed by atoms with van der Waals surface area (Å²) in [5, 5.41) is 3.29. The normalized spacial score (nSPS) is 22.4. The minimum absolute atomic E-state index is 0.261. The highest BCUT2D eigenvalue weighted by Crippen LogP contribution is 2.39. The molecule has 0 saturated carbocycles. The van der Waals surface area contributed by atoms with E-state index in [4.69, 9.17) is 4.74 Å². The van der Waals surface area contributed by atoms with E-state index in [0.717, 1.165) is 31.5 Å². The van der Waals surface area contributed by atoms with E-state index in [1.54, 1.807) is 11.0 Å². The van der Waals surface area contributed by atoms with Crippen molar-refractivity contribution in [1.29, 1.82) is 0 Å². The molecule has 1 aromatic rings. The van der Waals surface area contributed by atoms with Crippen molar-refractivity contribution in [2.45, 2.75) is 18.4 Å². The number of nitrogens with one attached hydrogen (secondary N) is 1. The monoisotopic (exact) mass is 264 g/mol. The van der Waals surface area contributed by atoms with E-state index in [2.05, 4.69) is 5.32 Å². The maximum Gasteiger partial charge on any atom is 0.410 e. The van der Waals surface area contributed by atoms with Crippen LogP contribution in [0.2, 0.25) is 0 Å². The maximum absolute atomic E-state index is 13.5. The van der Waals surface area contributed by atoms with Crippen molar-refractivity contribution < 1.29 is 13.9 Å². The molecule has 0 atom stereocenters. The van der Waals surface area contributed by atoms with E-state index in [1.807, 2.05) is 6.07 Å². The zero-order chi connectivity index (χ0) is 13.3. The lowest BCUT2D eigenvalue weighted by Gasteiger charge is -2.44. The first-order valence-corrected chi connectivity index (χ1v) is 6.63. The van der Waals surface area contributed by atoms with Crippen LogP contribution in [0.4, 0.5) is 9.18 Å². The molecule has 2 saturated heterocycles. The summed E-state index contributed by atoms with van der Waals surface area (Å²) < 4.78 is 18.6. The van der Waals surface area contributed by atoms with Crippen LogP contribution in [0.15, 0.2) is 24.3 Å². The van der Waals surface area contributed by atoms with Crippen LogP contribution < -0.4 is 5.32 Å². The summed E-state index contributed by atoms with van der Waals surface area (Å²) in [5.74, 6) is -0.261. The Morgan fingerprint density at radius 2 is 2.11 bits per heavy atom. The molecule has 2 aliphatic heterocycles. The van der Waals surface area contributed by atoms with Crippen molar-refractivity contribution in [3.63, 3.8) is 0 Å². The predicted octanol–water partition coefficient (Wildman–Crippen LogP) is 1.86. The molecule has 0 radical (unpaired) electrons. The molecular weight excluding hydrogens is 247 g/mol. The van der Waals surface area contributed by atoms with Gasteiger partial charge in [-0.05, 0) is 43.6 Å². The number of benzene rings is 1. The Bertz CT molecular complexity index is 486. The number of hydrogen-bond acceptors (Lipinski definition) is 3. The quantitative estimate of drug-likeness (QED) is 0.886. The first kappa shape index (κ1) is 12.4. The predicted molar refractivity (Wildman–Crippen MR) is 68.2 cm³/mol. The molecule has 0 aromatic heterocycles. The second kappa shape index (κ2) is 4.81. The molecule has 5 heteroatoms. The minimum atomic E-state index is -0.430. The standard InChI is InChI=1S/C14H17FN2O2/c15-12-3-1-2-11(10-12)14(4-6-16-7-5-14)17-8-9-19-13(17)18/h1-3,10,16H,4-9H2. The van der Waals surface area contributed by atoms with E-state index in [-0.39, 0.29) is 11.9 Å². The van der Waals surface area contributed by atoms with E-state index in [1.165, 1.54) is 12.1 Å². The number of piperidine rings is 1. The van der Waals surface area contributed by atoms with Crippen LogP contribution in [0, 0.1) is 5.82 Å². The van der Waals surface area contributed by atoms with Crippen LogP contribution in [0.5, 0.6) is 0 Å². The molecule has 102 valence electrons. The molecule has 0 aliphatic carbocycles. The van der Waals surface area contributed by atoms with E-state index in [0.29, 0.717) is 13.2 Å². The van der Waals surface area contributed by atoms with Gasteiger partial charge < -0.3 is 10.1 Å². The molecule has 1 amide bonds. The Morgan fingerprint density at radius 1 is 1.32 bits per heavy atom. The third kappa shape index (κ3) is 2.08. The molecule has 19 heavy (non-hydrogen) atoms. The van der Waals surface area contributed by atoms with Crippen LogP contribution in [0.1, 0.15) is 18.4 Å². The second-order valence-electron chi connectivity index (χ2n) is 5.06. The van der Waals surface area contributed by atoms with Crippen molar-refractivity contribution in [3.05, 3.63) is 35.6 Å². The van der Waals surface area contributed by atoms with Crippen LogP contribution in [0.25, 0.3) is 0 Å². The maximum atomic E-state index is 13.5. The summed E-state index contributed by atoms with van der Waals surface area (Å²) >= 11 is 0. The molecule has 4 nitrogen and oxygen atoms in total. The third-order valence-electron chi connectivity index (χ3n) is 4.07. The first-order valence-electron chi connectivity index (χ1n) is 6.63. The number of carbonyl (C=O) groups is 1. The van der Waals surface area contributed by atoms with Crippen molar-refractivity contribution >= 4 is 6.09 Å². The SMILES string of the molecule is O=C1OCCN1C1(c2cccc(F)c2)CCNCC1. The molecule has 0 bridgehead atoms. The smallest absolute Gasteiger partial charge is 0.410 e. The Labute approximate surface area is 111 Å². The lowest BCUT2D eigenvalue weighted by Crippen LogP contribution is -2.52. The summed E-state index contributed by atoms with van der Waals surface area (Å²) in [5.41, 5.74) is 0.439. The fourth-order valence-electron chi connectivity index (χ4n) is 3.11. The van der Waals surface area contributed by atoms with Gasteiger partial charge in [-0.15, -0.1) is 0 Å². The lowest BCUT2D eigenvalue weighted by atomic mass is 9.80. The molecule has 0 spiro atoms. The number of carbonyl (C=O) groups excluding carboxylic acids is 1. The Morgan fingerprint density at radius 3 is 2.74 bits per heavy atom. The first-order chi connectivity index (χ1) is 9.22. The fraction of sp³-hybridized carbons (Fsp3) is 0.500. The van der Waals surface area contributed by atoms with Crippen LogP contribution in [-0.2, 0) is 10.3 Å². The molecule has 1 aromatic carbocycles. The second-order valence-corrected chi connectivity index (χ2v) is 5.06. The van der Waals surface area contributed by atoms with Gasteiger partial charge in [0.2, 0.25) is 0 Å². The van der Waals surface area contributed by atoms with Gasteiger partial charge in [0.15, 0.2) is 0 Å². The Kier molecular flexibility index (Phi) is 3.14. The van der Waals surface area contributed by atoms with Crippen LogP contribution >= 0.6 is 0 Å². The van der Waals surface area contributed by atoms with Gasteiger partial charge >= 0.3 is 6.09 Å². The molecule has 2 aliphatic rings. The van der Waals surface area contributed by atoms with Crippen molar-refractivity contribution in [3.8, 4) is 0 Å². The van der Waals surface area contributed by atoms with Crippen molar-refractivity contribution in [2.24, 2.45) is 0 Å². The summed E-state index contributed by atoms with van der Waals surface area (Å²) in [6.07, 6.45) is 1.28. The molecule has 2 heterocycles. The van der Waals surface area contributed by atoms with Gasteiger partial charge in [-0.1, -0.05) is 12.1 Å². The molecule has 0 unspecified atom stereocenters. The van der Waals surface area contributed by atoms with Crippen LogP contribution in [0.3, 0.4) is 0 Å². The largest absolute Gasteiger partial charge is 0.448 e. The number of rotatable bonds is 2. The summed E-state index contributed by atoms with van der Waals surface area (Å²) in [6, 6.07) is 6.58. The lowest BCUT2D eigenvalue weighted by molar-refractivity contribution is 0.0854. The Hall–Kier alpha value is -1.62. The topological polar surface area (TPSA) is 41.6 Å². The highest BCUT2D eigenvalue weighted by molar-refractivity contribution is 5.71. The number of nitrogens with zero attached hydrogens (tertiary/aromatic N) is 1. The van der Waals surface area contributed by atoms with Gasteiger partial charge in [-0.3, -0.25) is 4.90 Å². The van der Waals surface area contributed by atoms with Gasteiger partial charge in [0.05, 0.1) is 12.1 Å². The van der Waals surface area contributed by atoms with Crippen molar-refractivity contribution in [2.75, 3.05) is 26.2 Å². The molecule has 2 fully saturated rings. The van der Waals surface area contributed by atoms with Crippen LogP contribution in [-0.4, -0.2) is 37.2 Å². The highest BCUT2D eigenvalue weighted by atomic mass is 19.1. The summed E-state index contributed by atoms with van der Waals surface area (Å²) in [7, 11) is 0. The number of amides is 1. The fourth-order valence-corrected chi connectivity index (χ4v) is 3.11. The minimum Gasteiger partial charge on any atom is -0.448 e. The molecule has 1 N–H and O–H groups in total. The number of cyclic esters (lactones) is 1. The van der Waals surface area contributed by atoms with Gasteiger partial charge in [0.25, 0.3) is 0 Å². The zero-order valence-corrected chi connectivity index (χ0v) is 10.7. The number of halogens is 1. The van der Waals surface area contributed by atoms with Gasteiger partial charge in [-0.25, -0.2) is 9.18 Å². The van der Waals surface area contributed by atoms with E-state index in [9.17, 15) is 9.18 Å². The average Bonchev–Trinajstić information content (AvgIpc) is 2.86. The van der Waals surface area contributed by atoms with Gasteiger partial charge in [0, 0.05) is 0 Å². The highest BCUT2D eigenvalue weighted by Gasteiger charge is 2.45. The van der Waals surface area contributed by atoms with Crippen molar-refractivity contribution in [1.82, 2.24) is 10.2 Å². The third-order valence-corrected chi connectivity index (χ3v) is 4.07. The van der Waals surface area contributed by atoms with E-state index >= 15 is 0 Å². The molecular formula is C14H17FN2O2. The van der Waals surface area contributed by atoms with E-state index < -0.39 is 5.54 Å². The number of hydrogen-bond donors (Lipinski definition) is 1. The number of ether oxygens (including phenoxy) is 1. The Balaban J connectivity index is 2.03. The molecule has 3 rings (SSSR count). The van der Waals surface area contributed by atoms with Gasteiger partial charge in [0.1, 0.15) is 12.4 Å². The zero-order valence-electron chi connectivity index (χ0n) is 10.7.